The van der Waals surface area contributed by atoms with Crippen LogP contribution in [-0.4, -0.2) is 40.8 Å². The van der Waals surface area contributed by atoms with Gasteiger partial charge in [0.05, 0.1) is 6.10 Å². The fourth-order valence-electron chi connectivity index (χ4n) is 4.79. The van der Waals surface area contributed by atoms with Crippen molar-refractivity contribution in [3.63, 3.8) is 0 Å². The lowest BCUT2D eigenvalue weighted by Crippen LogP contribution is -2.46. The molecule has 1 saturated carbocycles. The average molecular weight is 367 g/mol. The molecule has 0 aromatic heterocycles. The van der Waals surface area contributed by atoms with Gasteiger partial charge in [0.1, 0.15) is 0 Å². The summed E-state index contributed by atoms with van der Waals surface area (Å²) in [6.45, 7) is 2.94. The maximum absolute atomic E-state index is 10.5. The summed E-state index contributed by atoms with van der Waals surface area (Å²) in [5, 5.41) is 17.4. The van der Waals surface area contributed by atoms with Crippen LogP contribution in [-0.2, 0) is 11.3 Å². The van der Waals surface area contributed by atoms with E-state index in [0.29, 0.717) is 0 Å². The second-order valence-corrected chi connectivity index (χ2v) is 7.71. The third-order valence-corrected chi connectivity index (χ3v) is 6.04. The fourth-order valence-corrected chi connectivity index (χ4v) is 4.79. The van der Waals surface area contributed by atoms with E-state index in [4.69, 9.17) is 9.90 Å². The van der Waals surface area contributed by atoms with Crippen molar-refractivity contribution in [1.82, 2.24) is 4.90 Å². The zero-order valence-corrected chi connectivity index (χ0v) is 15.8. The number of carboxylic acid groups (broad SMARTS) is 1. The topological polar surface area (TPSA) is 60.8 Å². The maximum Gasteiger partial charge on any atom is 0.290 e. The Kier molecular flexibility index (Phi) is 6.64. The van der Waals surface area contributed by atoms with Gasteiger partial charge < -0.3 is 10.2 Å². The van der Waals surface area contributed by atoms with E-state index in [1.54, 1.807) is 0 Å². The number of benzene rings is 2. The highest BCUT2D eigenvalue weighted by Crippen LogP contribution is 2.45. The van der Waals surface area contributed by atoms with E-state index >= 15 is 0 Å². The van der Waals surface area contributed by atoms with Gasteiger partial charge in [0, 0.05) is 18.5 Å². The van der Waals surface area contributed by atoms with Crippen molar-refractivity contribution in [2.45, 2.75) is 44.8 Å². The molecule has 27 heavy (non-hydrogen) atoms. The largest absolute Gasteiger partial charge is 0.483 e. The average Bonchev–Trinajstić information content (AvgIpc) is 3.03. The first-order valence-electron chi connectivity index (χ1n) is 9.80. The van der Waals surface area contributed by atoms with Gasteiger partial charge in [-0.1, -0.05) is 61.0 Å². The molecular weight excluding hydrogens is 338 g/mol. The number of hydrogen-bond donors (Lipinski definition) is 2. The molecule has 2 N–H and O–H groups in total. The summed E-state index contributed by atoms with van der Waals surface area (Å²) >= 11 is 0. The molecule has 144 valence electrons. The van der Waals surface area contributed by atoms with Crippen molar-refractivity contribution in [2.24, 2.45) is 5.41 Å². The summed E-state index contributed by atoms with van der Waals surface area (Å²) in [5.74, 6) is 0. The minimum atomic E-state index is -0.250. The lowest BCUT2D eigenvalue weighted by Gasteiger charge is -2.42. The Balaban J connectivity index is 0.000000659. The number of hydrogen-bond acceptors (Lipinski definition) is 3. The summed E-state index contributed by atoms with van der Waals surface area (Å²) in [6, 6.07) is 19.4. The molecule has 2 aliphatic rings. The lowest BCUT2D eigenvalue weighted by atomic mass is 9.76. The Bertz CT molecular complexity index is 733. The van der Waals surface area contributed by atoms with Crippen LogP contribution in [0.25, 0.3) is 11.1 Å². The van der Waals surface area contributed by atoms with Crippen molar-refractivity contribution in [2.75, 3.05) is 13.1 Å². The highest BCUT2D eigenvalue weighted by molar-refractivity contribution is 5.67. The van der Waals surface area contributed by atoms with Crippen LogP contribution in [0.2, 0.25) is 0 Å². The molecule has 0 amide bonds. The molecule has 1 heterocycles. The SMILES string of the molecule is O=CO.O[C@@H]1CCC[C@@]12CCCN(Cc1ccccc1-c1ccccc1)C2. The molecule has 0 bridgehead atoms. The van der Waals surface area contributed by atoms with Gasteiger partial charge >= 0.3 is 0 Å². The van der Waals surface area contributed by atoms with E-state index in [-0.39, 0.29) is 18.0 Å². The Morgan fingerprint density at radius 3 is 2.41 bits per heavy atom. The molecule has 1 aliphatic heterocycles. The van der Waals surface area contributed by atoms with Gasteiger partial charge in [-0.3, -0.25) is 9.69 Å². The number of aliphatic hydroxyl groups excluding tert-OH is 1. The predicted molar refractivity (Wildman–Crippen MR) is 107 cm³/mol. The van der Waals surface area contributed by atoms with E-state index in [1.165, 1.54) is 42.4 Å². The molecule has 2 aromatic carbocycles. The van der Waals surface area contributed by atoms with Crippen LogP contribution in [0.5, 0.6) is 0 Å². The van der Waals surface area contributed by atoms with Gasteiger partial charge in [0.15, 0.2) is 0 Å². The lowest BCUT2D eigenvalue weighted by molar-refractivity contribution is -0.122. The molecule has 2 atom stereocenters. The van der Waals surface area contributed by atoms with Crippen molar-refractivity contribution in [3.05, 3.63) is 60.2 Å². The van der Waals surface area contributed by atoms with Crippen molar-refractivity contribution >= 4 is 6.47 Å². The Morgan fingerprint density at radius 1 is 1.04 bits per heavy atom. The molecule has 4 rings (SSSR count). The van der Waals surface area contributed by atoms with Crippen molar-refractivity contribution < 1.29 is 15.0 Å². The van der Waals surface area contributed by atoms with Crippen LogP contribution >= 0.6 is 0 Å². The van der Waals surface area contributed by atoms with Gasteiger partial charge in [-0.15, -0.1) is 0 Å². The van der Waals surface area contributed by atoms with E-state index < -0.39 is 0 Å². The predicted octanol–water partition coefficient (Wildman–Crippen LogP) is 4.18. The molecule has 0 radical (unpaired) electrons. The Labute approximate surface area is 161 Å². The van der Waals surface area contributed by atoms with Gasteiger partial charge in [0.2, 0.25) is 0 Å². The van der Waals surface area contributed by atoms with E-state index in [1.807, 2.05) is 0 Å². The number of aliphatic hydroxyl groups is 1. The van der Waals surface area contributed by atoms with Crippen LogP contribution in [0.4, 0.5) is 0 Å². The third-order valence-electron chi connectivity index (χ3n) is 6.04. The summed E-state index contributed by atoms with van der Waals surface area (Å²) < 4.78 is 0. The van der Waals surface area contributed by atoms with Crippen LogP contribution in [0.3, 0.4) is 0 Å². The second-order valence-electron chi connectivity index (χ2n) is 7.71. The van der Waals surface area contributed by atoms with Crippen molar-refractivity contribution in [3.8, 4) is 11.1 Å². The molecule has 1 aliphatic carbocycles. The second kappa shape index (κ2) is 9.16. The van der Waals surface area contributed by atoms with Gasteiger partial charge in [0.25, 0.3) is 6.47 Å². The number of rotatable bonds is 3. The van der Waals surface area contributed by atoms with E-state index in [0.717, 1.165) is 26.1 Å². The molecule has 2 fully saturated rings. The molecule has 0 unspecified atom stereocenters. The number of carbonyl (C=O) groups is 1. The van der Waals surface area contributed by atoms with Crippen LogP contribution < -0.4 is 0 Å². The molecule has 1 saturated heterocycles. The first-order valence-corrected chi connectivity index (χ1v) is 9.80. The smallest absolute Gasteiger partial charge is 0.290 e. The highest BCUT2D eigenvalue weighted by atomic mass is 16.3. The summed E-state index contributed by atoms with van der Waals surface area (Å²) in [4.78, 5) is 10.9. The fraction of sp³-hybridized carbons (Fsp3) is 0.435. The minimum absolute atomic E-state index is 0.0929. The Morgan fingerprint density at radius 2 is 1.70 bits per heavy atom. The first kappa shape index (κ1) is 19.6. The van der Waals surface area contributed by atoms with Gasteiger partial charge in [-0.2, -0.15) is 0 Å². The van der Waals surface area contributed by atoms with Crippen LogP contribution in [0, 0.1) is 5.41 Å². The summed E-state index contributed by atoms with van der Waals surface area (Å²) in [5.41, 5.74) is 4.19. The summed E-state index contributed by atoms with van der Waals surface area (Å²) in [7, 11) is 0. The molecule has 4 heteroatoms. The number of piperidine rings is 1. The molecule has 4 nitrogen and oxygen atoms in total. The maximum atomic E-state index is 10.5. The van der Waals surface area contributed by atoms with Crippen LogP contribution in [0.15, 0.2) is 54.6 Å². The first-order chi connectivity index (χ1) is 13.2. The monoisotopic (exact) mass is 367 g/mol. The van der Waals surface area contributed by atoms with Gasteiger partial charge in [-0.25, -0.2) is 0 Å². The van der Waals surface area contributed by atoms with Gasteiger partial charge in [-0.05, 0) is 48.9 Å². The highest BCUT2D eigenvalue weighted by Gasteiger charge is 2.44. The van der Waals surface area contributed by atoms with E-state index in [9.17, 15) is 5.11 Å². The standard InChI is InChI=1S/C22H27NO.CH2O2/c24-21-12-6-13-22(21)14-7-15-23(17-22)16-19-10-4-5-11-20(19)18-8-2-1-3-9-18;2-1-3/h1-5,8-11,21,24H,6-7,12-17H2;1H,(H,2,3)/t21-,22+;/m1./s1. The van der Waals surface area contributed by atoms with Crippen LogP contribution in [0.1, 0.15) is 37.7 Å². The number of likely N-dealkylation sites (tertiary alicyclic amines) is 1. The minimum Gasteiger partial charge on any atom is -0.483 e. The van der Waals surface area contributed by atoms with E-state index in [2.05, 4.69) is 59.5 Å². The zero-order valence-electron chi connectivity index (χ0n) is 15.8. The Hall–Kier alpha value is -2.17. The number of nitrogens with zero attached hydrogens (tertiary/aromatic N) is 1. The molecule has 1 spiro atoms. The normalized spacial score (nSPS) is 25.0. The third kappa shape index (κ3) is 4.57. The molecular formula is C23H29NO3. The quantitative estimate of drug-likeness (QED) is 0.799. The zero-order chi connectivity index (χ0) is 19.1. The van der Waals surface area contributed by atoms with Crippen molar-refractivity contribution in [1.29, 1.82) is 0 Å². The molecule has 2 aromatic rings. The summed E-state index contributed by atoms with van der Waals surface area (Å²) in [6.07, 6.45) is 5.70.